The molecule has 2 unspecified atom stereocenters. The lowest BCUT2D eigenvalue weighted by atomic mass is 9.82. The first-order valence-corrected chi connectivity index (χ1v) is 5.98. The lowest BCUT2D eigenvalue weighted by Gasteiger charge is -2.32. The van der Waals surface area contributed by atoms with Crippen molar-refractivity contribution in [2.45, 2.75) is 38.7 Å². The van der Waals surface area contributed by atoms with Crippen molar-refractivity contribution in [1.29, 1.82) is 0 Å². The van der Waals surface area contributed by atoms with Gasteiger partial charge in [0.2, 0.25) is 0 Å². The zero-order valence-corrected chi connectivity index (χ0v) is 10.4. The van der Waals surface area contributed by atoms with E-state index in [0.717, 1.165) is 12.8 Å². The van der Waals surface area contributed by atoms with E-state index >= 15 is 0 Å². The normalized spacial score (nSPS) is 21.2. The Bertz CT molecular complexity index is 237. The second-order valence-corrected chi connectivity index (χ2v) is 4.40. The summed E-state index contributed by atoms with van der Waals surface area (Å²) >= 11 is 0. The average Bonchev–Trinajstić information content (AvgIpc) is 3.09. The molecule has 16 heavy (non-hydrogen) atoms. The molecule has 1 N–H and O–H groups in total. The maximum absolute atomic E-state index is 11.8. The fourth-order valence-corrected chi connectivity index (χ4v) is 2.16. The number of esters is 1. The highest BCUT2D eigenvalue weighted by Crippen LogP contribution is 2.43. The molecule has 0 spiro atoms. The topological polar surface area (TPSA) is 55.8 Å². The van der Waals surface area contributed by atoms with E-state index < -0.39 is 11.6 Å². The molecule has 0 heterocycles. The van der Waals surface area contributed by atoms with Gasteiger partial charge in [0.05, 0.1) is 13.2 Å². The van der Waals surface area contributed by atoms with Crippen LogP contribution in [0.3, 0.4) is 0 Å². The second-order valence-electron chi connectivity index (χ2n) is 4.40. The van der Waals surface area contributed by atoms with Crippen LogP contribution in [0.15, 0.2) is 0 Å². The van der Waals surface area contributed by atoms with Crippen LogP contribution < -0.4 is 0 Å². The summed E-state index contributed by atoms with van der Waals surface area (Å²) in [6.07, 6.45) is 2.50. The van der Waals surface area contributed by atoms with Crippen LogP contribution >= 0.6 is 0 Å². The summed E-state index contributed by atoms with van der Waals surface area (Å²) in [6.45, 7) is 4.26. The molecule has 2 atom stereocenters. The molecule has 0 amide bonds. The Morgan fingerprint density at radius 3 is 2.50 bits per heavy atom. The first-order chi connectivity index (χ1) is 7.60. The summed E-state index contributed by atoms with van der Waals surface area (Å²) in [5.74, 6) is -0.248. The predicted molar refractivity (Wildman–Crippen MR) is 60.0 cm³/mol. The van der Waals surface area contributed by atoms with Crippen LogP contribution in [0.1, 0.15) is 33.1 Å². The molecule has 94 valence electrons. The minimum Gasteiger partial charge on any atom is -0.464 e. The van der Waals surface area contributed by atoms with Crippen molar-refractivity contribution < 1.29 is 19.4 Å². The molecule has 1 aliphatic carbocycles. The number of methoxy groups -OCH3 is 1. The van der Waals surface area contributed by atoms with Gasteiger partial charge in [-0.15, -0.1) is 0 Å². The first-order valence-electron chi connectivity index (χ1n) is 5.98. The second kappa shape index (κ2) is 5.64. The molecule has 0 aromatic rings. The Morgan fingerprint density at radius 2 is 2.12 bits per heavy atom. The smallest absolute Gasteiger partial charge is 0.338 e. The molecule has 0 aliphatic heterocycles. The standard InChI is InChI=1S/C12H22O4/c1-4-12(14,11(13)16-5-2)10(8-15-3)9-6-7-9/h9-10,14H,4-8H2,1-3H3. The van der Waals surface area contributed by atoms with E-state index in [1.54, 1.807) is 14.0 Å². The third-order valence-corrected chi connectivity index (χ3v) is 3.32. The van der Waals surface area contributed by atoms with Gasteiger partial charge in [-0.1, -0.05) is 6.92 Å². The zero-order chi connectivity index (χ0) is 12.2. The maximum atomic E-state index is 11.8. The van der Waals surface area contributed by atoms with E-state index in [1.807, 2.05) is 6.92 Å². The summed E-state index contributed by atoms with van der Waals surface area (Å²) in [5.41, 5.74) is -1.38. The number of rotatable bonds is 7. The number of hydrogen-bond acceptors (Lipinski definition) is 4. The van der Waals surface area contributed by atoms with Gasteiger partial charge in [0, 0.05) is 13.0 Å². The van der Waals surface area contributed by atoms with E-state index in [0.29, 0.717) is 25.6 Å². The molecule has 1 rings (SSSR count). The van der Waals surface area contributed by atoms with Gasteiger partial charge in [-0.2, -0.15) is 0 Å². The van der Waals surface area contributed by atoms with E-state index in [4.69, 9.17) is 9.47 Å². The number of carbonyl (C=O) groups is 1. The minimum absolute atomic E-state index is 0.137. The van der Waals surface area contributed by atoms with Crippen LogP contribution in [0.5, 0.6) is 0 Å². The Kier molecular flexibility index (Phi) is 4.74. The maximum Gasteiger partial charge on any atom is 0.338 e. The molecule has 0 aromatic carbocycles. The molecule has 1 fully saturated rings. The molecule has 0 aromatic heterocycles. The lowest BCUT2D eigenvalue weighted by molar-refractivity contribution is -0.176. The average molecular weight is 230 g/mol. The fraction of sp³-hybridized carbons (Fsp3) is 0.917. The SMILES string of the molecule is CCOC(=O)C(O)(CC)C(COC)C1CC1. The van der Waals surface area contributed by atoms with Crippen molar-refractivity contribution in [3.63, 3.8) is 0 Å². The third-order valence-electron chi connectivity index (χ3n) is 3.32. The van der Waals surface area contributed by atoms with Crippen molar-refractivity contribution in [3.05, 3.63) is 0 Å². The van der Waals surface area contributed by atoms with Crippen LogP contribution in [0.25, 0.3) is 0 Å². The Balaban J connectivity index is 2.77. The van der Waals surface area contributed by atoms with Crippen LogP contribution in [0.2, 0.25) is 0 Å². The number of carbonyl (C=O) groups excluding carboxylic acids is 1. The minimum atomic E-state index is -1.38. The van der Waals surface area contributed by atoms with E-state index in [-0.39, 0.29) is 5.92 Å². The van der Waals surface area contributed by atoms with Crippen LogP contribution in [0.4, 0.5) is 0 Å². The van der Waals surface area contributed by atoms with Crippen molar-refractivity contribution in [3.8, 4) is 0 Å². The van der Waals surface area contributed by atoms with Crippen LogP contribution in [-0.2, 0) is 14.3 Å². The van der Waals surface area contributed by atoms with Crippen molar-refractivity contribution in [1.82, 2.24) is 0 Å². The van der Waals surface area contributed by atoms with Gasteiger partial charge in [-0.25, -0.2) is 4.79 Å². The molecule has 4 heteroatoms. The quantitative estimate of drug-likeness (QED) is 0.671. The van der Waals surface area contributed by atoms with E-state index in [2.05, 4.69) is 0 Å². The van der Waals surface area contributed by atoms with Gasteiger partial charge in [0.25, 0.3) is 0 Å². The van der Waals surface area contributed by atoms with Crippen LogP contribution in [-0.4, -0.2) is 37.0 Å². The van der Waals surface area contributed by atoms with E-state index in [9.17, 15) is 9.90 Å². The summed E-state index contributed by atoms with van der Waals surface area (Å²) in [4.78, 5) is 11.8. The number of hydrogen-bond donors (Lipinski definition) is 1. The van der Waals surface area contributed by atoms with Crippen molar-refractivity contribution >= 4 is 5.97 Å². The summed E-state index contributed by atoms with van der Waals surface area (Å²) in [7, 11) is 1.59. The van der Waals surface area contributed by atoms with Gasteiger partial charge in [0.1, 0.15) is 0 Å². The van der Waals surface area contributed by atoms with Gasteiger partial charge in [-0.05, 0) is 32.1 Å². The Morgan fingerprint density at radius 1 is 1.50 bits per heavy atom. The van der Waals surface area contributed by atoms with E-state index in [1.165, 1.54) is 0 Å². The molecule has 0 saturated heterocycles. The summed E-state index contributed by atoms with van der Waals surface area (Å²) in [6, 6.07) is 0. The van der Waals surface area contributed by atoms with Gasteiger partial charge in [-0.3, -0.25) is 0 Å². The van der Waals surface area contributed by atoms with Crippen LogP contribution in [0, 0.1) is 11.8 Å². The molecule has 1 aliphatic rings. The highest BCUT2D eigenvalue weighted by molar-refractivity contribution is 5.79. The molecule has 4 nitrogen and oxygen atoms in total. The van der Waals surface area contributed by atoms with Gasteiger partial charge >= 0.3 is 5.97 Å². The molecule has 0 radical (unpaired) electrons. The number of ether oxygens (including phenoxy) is 2. The summed E-state index contributed by atoms with van der Waals surface area (Å²) < 4.78 is 10.1. The summed E-state index contributed by atoms with van der Waals surface area (Å²) in [5, 5.41) is 10.5. The highest BCUT2D eigenvalue weighted by atomic mass is 16.5. The Hall–Kier alpha value is -0.610. The first kappa shape index (κ1) is 13.5. The highest BCUT2D eigenvalue weighted by Gasteiger charge is 2.50. The fourth-order valence-electron chi connectivity index (χ4n) is 2.16. The third kappa shape index (κ3) is 2.74. The largest absolute Gasteiger partial charge is 0.464 e. The van der Waals surface area contributed by atoms with Crippen molar-refractivity contribution in [2.75, 3.05) is 20.3 Å². The lowest BCUT2D eigenvalue weighted by Crippen LogP contribution is -2.49. The molecular weight excluding hydrogens is 208 g/mol. The Labute approximate surface area is 96.9 Å². The molecule has 1 saturated carbocycles. The predicted octanol–water partition coefficient (Wildman–Crippen LogP) is 1.36. The van der Waals surface area contributed by atoms with Crippen molar-refractivity contribution in [2.24, 2.45) is 11.8 Å². The molecule has 0 bridgehead atoms. The van der Waals surface area contributed by atoms with Gasteiger partial charge in [0.15, 0.2) is 5.60 Å². The zero-order valence-electron chi connectivity index (χ0n) is 10.4. The molecular formula is C12H22O4. The monoisotopic (exact) mass is 230 g/mol. The number of aliphatic hydroxyl groups is 1. The van der Waals surface area contributed by atoms with Gasteiger partial charge < -0.3 is 14.6 Å².